The van der Waals surface area contributed by atoms with Gasteiger partial charge in [-0.3, -0.25) is 0 Å². The van der Waals surface area contributed by atoms with Crippen molar-refractivity contribution in [2.75, 3.05) is 26.7 Å². The Bertz CT molecular complexity index is 154. The molecule has 0 spiro atoms. The lowest BCUT2D eigenvalue weighted by Crippen LogP contribution is -2.35. The second-order valence-electron chi connectivity index (χ2n) is 4.79. The van der Waals surface area contributed by atoms with Gasteiger partial charge in [0.1, 0.15) is 0 Å². The molecule has 0 bridgehead atoms. The average molecular weight is 198 g/mol. The minimum Gasteiger partial charge on any atom is -0.303 e. The average Bonchev–Trinajstić information content (AvgIpc) is 2.52. The molecule has 2 nitrogen and oxygen atoms in total. The molecule has 0 aromatic carbocycles. The summed E-state index contributed by atoms with van der Waals surface area (Å²) in [6.07, 6.45) is 4.16. The molecule has 2 heteroatoms. The van der Waals surface area contributed by atoms with Gasteiger partial charge in [0.15, 0.2) is 0 Å². The number of nitrogens with zero attached hydrogens (tertiary/aromatic N) is 2. The van der Waals surface area contributed by atoms with Gasteiger partial charge in [-0.15, -0.1) is 0 Å². The molecule has 14 heavy (non-hydrogen) atoms. The Hall–Kier alpha value is -0.0800. The van der Waals surface area contributed by atoms with Crippen LogP contribution < -0.4 is 0 Å². The smallest absolute Gasteiger partial charge is 0.0105 e. The topological polar surface area (TPSA) is 6.48 Å². The van der Waals surface area contributed by atoms with Crippen LogP contribution in [-0.4, -0.2) is 48.6 Å². The molecule has 1 saturated heterocycles. The molecular weight excluding hydrogens is 172 g/mol. The number of likely N-dealkylation sites (tertiary alicyclic amines) is 1. The van der Waals surface area contributed by atoms with Crippen LogP contribution in [0.2, 0.25) is 0 Å². The SMILES string of the molecule is CCN(CCC1CCCN1C)C(C)C. The summed E-state index contributed by atoms with van der Waals surface area (Å²) in [4.78, 5) is 5.08. The van der Waals surface area contributed by atoms with Gasteiger partial charge in [-0.1, -0.05) is 6.92 Å². The molecule has 0 saturated carbocycles. The van der Waals surface area contributed by atoms with Gasteiger partial charge in [-0.2, -0.15) is 0 Å². The van der Waals surface area contributed by atoms with Gasteiger partial charge in [0, 0.05) is 12.1 Å². The zero-order valence-corrected chi connectivity index (χ0v) is 10.3. The fraction of sp³-hybridized carbons (Fsp3) is 1.00. The van der Waals surface area contributed by atoms with E-state index in [1.165, 1.54) is 38.9 Å². The summed E-state index contributed by atoms with van der Waals surface area (Å²) in [6.45, 7) is 10.6. The van der Waals surface area contributed by atoms with Crippen LogP contribution in [0, 0.1) is 0 Å². The van der Waals surface area contributed by atoms with E-state index in [-0.39, 0.29) is 0 Å². The Kier molecular flexibility index (Phi) is 4.90. The Morgan fingerprint density at radius 1 is 1.43 bits per heavy atom. The normalized spacial score (nSPS) is 24.0. The lowest BCUT2D eigenvalue weighted by molar-refractivity contribution is 0.198. The van der Waals surface area contributed by atoms with E-state index < -0.39 is 0 Å². The van der Waals surface area contributed by atoms with Crippen LogP contribution in [0.25, 0.3) is 0 Å². The Morgan fingerprint density at radius 3 is 2.57 bits per heavy atom. The molecular formula is C12H26N2. The number of rotatable bonds is 5. The van der Waals surface area contributed by atoms with Crippen molar-refractivity contribution >= 4 is 0 Å². The molecule has 1 atom stereocenters. The quantitative estimate of drug-likeness (QED) is 0.668. The molecule has 1 fully saturated rings. The lowest BCUT2D eigenvalue weighted by atomic mass is 10.1. The molecule has 0 aromatic heterocycles. The highest BCUT2D eigenvalue weighted by atomic mass is 15.2. The molecule has 0 radical (unpaired) electrons. The Morgan fingerprint density at radius 2 is 2.14 bits per heavy atom. The summed E-state index contributed by atoms with van der Waals surface area (Å²) < 4.78 is 0. The maximum atomic E-state index is 2.56. The zero-order valence-electron chi connectivity index (χ0n) is 10.3. The fourth-order valence-corrected chi connectivity index (χ4v) is 2.44. The van der Waals surface area contributed by atoms with Crippen molar-refractivity contribution in [2.24, 2.45) is 0 Å². The van der Waals surface area contributed by atoms with Crippen molar-refractivity contribution in [3.8, 4) is 0 Å². The summed E-state index contributed by atoms with van der Waals surface area (Å²) in [5, 5.41) is 0. The fourth-order valence-electron chi connectivity index (χ4n) is 2.44. The monoisotopic (exact) mass is 198 g/mol. The van der Waals surface area contributed by atoms with Crippen molar-refractivity contribution < 1.29 is 0 Å². The molecule has 0 N–H and O–H groups in total. The highest BCUT2D eigenvalue weighted by Crippen LogP contribution is 2.18. The van der Waals surface area contributed by atoms with Gasteiger partial charge in [0.2, 0.25) is 0 Å². The van der Waals surface area contributed by atoms with E-state index in [0.29, 0.717) is 6.04 Å². The first-order valence-electron chi connectivity index (χ1n) is 6.09. The summed E-state index contributed by atoms with van der Waals surface area (Å²) in [5.74, 6) is 0. The van der Waals surface area contributed by atoms with Gasteiger partial charge < -0.3 is 9.80 Å². The predicted molar refractivity (Wildman–Crippen MR) is 62.7 cm³/mol. The van der Waals surface area contributed by atoms with Crippen molar-refractivity contribution in [1.29, 1.82) is 0 Å². The Labute approximate surface area is 89.3 Å². The molecule has 1 aliphatic rings. The highest BCUT2D eigenvalue weighted by Gasteiger charge is 2.21. The van der Waals surface area contributed by atoms with Gasteiger partial charge in [0.05, 0.1) is 0 Å². The summed E-state index contributed by atoms with van der Waals surface area (Å²) in [7, 11) is 2.27. The summed E-state index contributed by atoms with van der Waals surface area (Å²) in [6, 6.07) is 1.55. The minimum absolute atomic E-state index is 0.701. The second kappa shape index (κ2) is 5.72. The molecule has 0 aliphatic carbocycles. The van der Waals surface area contributed by atoms with E-state index in [0.717, 1.165) is 6.04 Å². The van der Waals surface area contributed by atoms with E-state index in [1.54, 1.807) is 0 Å². The molecule has 1 unspecified atom stereocenters. The Balaban J connectivity index is 2.24. The molecule has 84 valence electrons. The highest BCUT2D eigenvalue weighted by molar-refractivity contribution is 4.77. The third kappa shape index (κ3) is 3.25. The molecule has 1 heterocycles. The van der Waals surface area contributed by atoms with Gasteiger partial charge in [0.25, 0.3) is 0 Å². The zero-order chi connectivity index (χ0) is 10.6. The molecule has 0 aromatic rings. The van der Waals surface area contributed by atoms with Crippen LogP contribution in [0.15, 0.2) is 0 Å². The molecule has 1 aliphatic heterocycles. The van der Waals surface area contributed by atoms with Crippen molar-refractivity contribution in [2.45, 2.75) is 52.1 Å². The maximum Gasteiger partial charge on any atom is 0.0105 e. The van der Waals surface area contributed by atoms with Crippen molar-refractivity contribution in [1.82, 2.24) is 9.80 Å². The van der Waals surface area contributed by atoms with E-state index in [1.807, 2.05) is 0 Å². The van der Waals surface area contributed by atoms with Crippen LogP contribution in [0.3, 0.4) is 0 Å². The first-order valence-corrected chi connectivity index (χ1v) is 6.09. The first kappa shape index (κ1) is 12.0. The number of hydrogen-bond donors (Lipinski definition) is 0. The third-order valence-corrected chi connectivity index (χ3v) is 3.56. The number of hydrogen-bond acceptors (Lipinski definition) is 2. The van der Waals surface area contributed by atoms with Gasteiger partial charge >= 0.3 is 0 Å². The summed E-state index contributed by atoms with van der Waals surface area (Å²) in [5.41, 5.74) is 0. The van der Waals surface area contributed by atoms with Crippen LogP contribution in [0.1, 0.15) is 40.0 Å². The van der Waals surface area contributed by atoms with E-state index in [2.05, 4.69) is 37.6 Å². The minimum atomic E-state index is 0.701. The van der Waals surface area contributed by atoms with Crippen LogP contribution >= 0.6 is 0 Å². The second-order valence-corrected chi connectivity index (χ2v) is 4.79. The van der Waals surface area contributed by atoms with E-state index in [9.17, 15) is 0 Å². The molecule has 0 amide bonds. The van der Waals surface area contributed by atoms with E-state index >= 15 is 0 Å². The standard InChI is InChI=1S/C12H26N2/c1-5-14(11(2)3)10-8-12-7-6-9-13(12)4/h11-12H,5-10H2,1-4H3. The first-order chi connectivity index (χ1) is 6.65. The van der Waals surface area contributed by atoms with Crippen molar-refractivity contribution in [3.05, 3.63) is 0 Å². The van der Waals surface area contributed by atoms with Crippen LogP contribution in [0.4, 0.5) is 0 Å². The van der Waals surface area contributed by atoms with Crippen LogP contribution in [-0.2, 0) is 0 Å². The van der Waals surface area contributed by atoms with Crippen LogP contribution in [0.5, 0.6) is 0 Å². The third-order valence-electron chi connectivity index (χ3n) is 3.56. The summed E-state index contributed by atoms with van der Waals surface area (Å²) >= 11 is 0. The van der Waals surface area contributed by atoms with Gasteiger partial charge in [-0.25, -0.2) is 0 Å². The maximum absolute atomic E-state index is 2.56. The molecule has 1 rings (SSSR count). The predicted octanol–water partition coefficient (Wildman–Crippen LogP) is 2.20. The largest absolute Gasteiger partial charge is 0.303 e. The van der Waals surface area contributed by atoms with Gasteiger partial charge in [-0.05, 0) is 59.8 Å². The van der Waals surface area contributed by atoms with E-state index in [4.69, 9.17) is 0 Å². The lowest BCUT2D eigenvalue weighted by Gasteiger charge is -2.28. The van der Waals surface area contributed by atoms with Crippen molar-refractivity contribution in [3.63, 3.8) is 0 Å².